The molecule has 1 aliphatic rings. The quantitative estimate of drug-likeness (QED) is 0.774. The number of amides is 1. The number of H-pyrrole nitrogens is 1. The van der Waals surface area contributed by atoms with Crippen LogP contribution in [0, 0.1) is 12.8 Å². The first-order chi connectivity index (χ1) is 8.60. The average Bonchev–Trinajstić information content (AvgIpc) is 2.87. The summed E-state index contributed by atoms with van der Waals surface area (Å²) in [5, 5.41) is 17.0. The number of likely N-dealkylation sites (tertiary alicyclic amines) is 1. The van der Waals surface area contributed by atoms with E-state index < -0.39 is 6.10 Å². The third kappa shape index (κ3) is 2.88. The van der Waals surface area contributed by atoms with Crippen molar-refractivity contribution in [1.82, 2.24) is 15.1 Å². The first kappa shape index (κ1) is 13.0. The Kier molecular flexibility index (Phi) is 3.98. The molecule has 1 saturated heterocycles. The van der Waals surface area contributed by atoms with E-state index in [1.165, 1.54) is 7.11 Å². The molecule has 0 unspecified atom stereocenters. The molecule has 0 spiro atoms. The van der Waals surface area contributed by atoms with Gasteiger partial charge in [-0.3, -0.25) is 9.89 Å². The van der Waals surface area contributed by atoms with Gasteiger partial charge in [-0.2, -0.15) is 5.10 Å². The van der Waals surface area contributed by atoms with Crippen LogP contribution in [0.25, 0.3) is 0 Å². The number of aromatic amines is 1. The van der Waals surface area contributed by atoms with E-state index in [1.807, 2.05) is 13.0 Å². The number of β-amino-alcohol motifs (C(OH)–C–C–N with tert-alkyl or cyclic N) is 1. The van der Waals surface area contributed by atoms with Crippen LogP contribution in [0.1, 0.15) is 11.4 Å². The summed E-state index contributed by atoms with van der Waals surface area (Å²) in [6.07, 6.45) is 0.199. The van der Waals surface area contributed by atoms with Crippen LogP contribution in [0.3, 0.4) is 0 Å². The summed E-state index contributed by atoms with van der Waals surface area (Å²) in [7, 11) is 1.49. The highest BCUT2D eigenvalue weighted by molar-refractivity contribution is 5.77. The molecule has 0 radical (unpaired) electrons. The second-order valence-electron chi connectivity index (χ2n) is 4.81. The fourth-order valence-electron chi connectivity index (χ4n) is 2.32. The molecule has 2 atom stereocenters. The van der Waals surface area contributed by atoms with Gasteiger partial charge in [0, 0.05) is 31.8 Å². The molecule has 0 bridgehead atoms. The molecule has 1 aromatic rings. The number of methoxy groups -OCH3 is 1. The van der Waals surface area contributed by atoms with Crippen molar-refractivity contribution >= 4 is 5.91 Å². The molecule has 1 aromatic heterocycles. The van der Waals surface area contributed by atoms with E-state index in [-0.39, 0.29) is 18.4 Å². The Labute approximate surface area is 106 Å². The highest BCUT2D eigenvalue weighted by atomic mass is 16.5. The normalized spacial score (nSPS) is 23.6. The third-order valence-electron chi connectivity index (χ3n) is 3.26. The number of aryl methyl sites for hydroxylation is 1. The number of carbonyl (C=O) groups is 1. The number of carbonyl (C=O) groups excluding carboxylic acids is 1. The minimum absolute atomic E-state index is 0.0495. The van der Waals surface area contributed by atoms with Crippen LogP contribution < -0.4 is 0 Å². The van der Waals surface area contributed by atoms with Crippen molar-refractivity contribution in [1.29, 1.82) is 0 Å². The summed E-state index contributed by atoms with van der Waals surface area (Å²) in [5.74, 6) is -0.0224. The summed E-state index contributed by atoms with van der Waals surface area (Å²) in [5.41, 5.74) is 1.93. The maximum atomic E-state index is 11.7. The lowest BCUT2D eigenvalue weighted by Gasteiger charge is -2.14. The van der Waals surface area contributed by atoms with E-state index in [1.54, 1.807) is 4.90 Å². The van der Waals surface area contributed by atoms with Gasteiger partial charge in [0.15, 0.2) is 0 Å². The molecule has 6 heteroatoms. The minimum atomic E-state index is -0.484. The monoisotopic (exact) mass is 253 g/mol. The Morgan fingerprint density at radius 3 is 3.06 bits per heavy atom. The molecule has 0 aliphatic carbocycles. The van der Waals surface area contributed by atoms with E-state index in [2.05, 4.69) is 10.2 Å². The smallest absolute Gasteiger partial charge is 0.248 e. The predicted molar refractivity (Wildman–Crippen MR) is 65.0 cm³/mol. The van der Waals surface area contributed by atoms with Crippen LogP contribution in [0.15, 0.2) is 6.07 Å². The van der Waals surface area contributed by atoms with Crippen molar-refractivity contribution in [3.8, 4) is 0 Å². The Hall–Kier alpha value is -1.40. The fourth-order valence-corrected chi connectivity index (χ4v) is 2.32. The molecule has 2 heterocycles. The number of aliphatic hydroxyl groups is 1. The Morgan fingerprint density at radius 2 is 2.44 bits per heavy atom. The van der Waals surface area contributed by atoms with Gasteiger partial charge in [0.25, 0.3) is 0 Å². The molecule has 1 aliphatic heterocycles. The molecule has 100 valence electrons. The SMILES string of the molecule is COCC(=O)N1C[C@@H](Cc2cc(C)[nH]n2)[C@H](O)C1. The van der Waals surface area contributed by atoms with Crippen molar-refractivity contribution in [3.05, 3.63) is 17.5 Å². The number of rotatable bonds is 4. The van der Waals surface area contributed by atoms with Crippen molar-refractivity contribution in [2.24, 2.45) is 5.92 Å². The van der Waals surface area contributed by atoms with Crippen molar-refractivity contribution < 1.29 is 14.6 Å². The topological polar surface area (TPSA) is 78.5 Å². The molecule has 2 rings (SSSR count). The summed E-state index contributed by atoms with van der Waals surface area (Å²) < 4.78 is 4.82. The molecular formula is C12H19N3O3. The lowest BCUT2D eigenvalue weighted by molar-refractivity contribution is -0.134. The number of aliphatic hydroxyl groups excluding tert-OH is 1. The van der Waals surface area contributed by atoms with E-state index >= 15 is 0 Å². The highest BCUT2D eigenvalue weighted by Gasteiger charge is 2.34. The van der Waals surface area contributed by atoms with Gasteiger partial charge in [-0.1, -0.05) is 0 Å². The fraction of sp³-hybridized carbons (Fsp3) is 0.667. The van der Waals surface area contributed by atoms with Crippen LogP contribution >= 0.6 is 0 Å². The van der Waals surface area contributed by atoms with Crippen LogP contribution in [-0.2, 0) is 16.0 Å². The minimum Gasteiger partial charge on any atom is -0.391 e. The number of hydrogen-bond acceptors (Lipinski definition) is 4. The number of nitrogens with zero attached hydrogens (tertiary/aromatic N) is 2. The number of hydrogen-bond donors (Lipinski definition) is 2. The zero-order valence-corrected chi connectivity index (χ0v) is 10.7. The van der Waals surface area contributed by atoms with Crippen molar-refractivity contribution in [2.75, 3.05) is 26.8 Å². The Morgan fingerprint density at radius 1 is 1.67 bits per heavy atom. The van der Waals surface area contributed by atoms with E-state index in [4.69, 9.17) is 4.74 Å². The van der Waals surface area contributed by atoms with Crippen LogP contribution in [-0.4, -0.2) is 59.0 Å². The second-order valence-corrected chi connectivity index (χ2v) is 4.81. The van der Waals surface area contributed by atoms with Gasteiger partial charge < -0.3 is 14.7 Å². The second kappa shape index (κ2) is 5.49. The van der Waals surface area contributed by atoms with Gasteiger partial charge in [0.05, 0.1) is 11.8 Å². The van der Waals surface area contributed by atoms with Gasteiger partial charge in [0.2, 0.25) is 5.91 Å². The molecule has 18 heavy (non-hydrogen) atoms. The molecule has 0 aromatic carbocycles. The maximum Gasteiger partial charge on any atom is 0.248 e. The molecule has 1 fully saturated rings. The molecule has 1 amide bonds. The Balaban J connectivity index is 1.93. The van der Waals surface area contributed by atoms with Gasteiger partial charge >= 0.3 is 0 Å². The zero-order chi connectivity index (χ0) is 13.1. The summed E-state index contributed by atoms with van der Waals surface area (Å²) >= 11 is 0. The number of ether oxygens (including phenoxy) is 1. The highest BCUT2D eigenvalue weighted by Crippen LogP contribution is 2.21. The maximum absolute atomic E-state index is 11.7. The predicted octanol–water partition coefficient (Wildman–Crippen LogP) is -0.274. The lowest BCUT2D eigenvalue weighted by atomic mass is 10.0. The largest absolute Gasteiger partial charge is 0.391 e. The zero-order valence-electron chi connectivity index (χ0n) is 10.7. The molecule has 0 saturated carbocycles. The molecule has 2 N–H and O–H groups in total. The van der Waals surface area contributed by atoms with Crippen LogP contribution in [0.2, 0.25) is 0 Å². The average molecular weight is 253 g/mol. The first-order valence-corrected chi connectivity index (χ1v) is 6.06. The van der Waals surface area contributed by atoms with Crippen molar-refractivity contribution in [3.63, 3.8) is 0 Å². The lowest BCUT2D eigenvalue weighted by Crippen LogP contribution is -2.32. The molecule has 6 nitrogen and oxygen atoms in total. The third-order valence-corrected chi connectivity index (χ3v) is 3.26. The first-order valence-electron chi connectivity index (χ1n) is 6.06. The van der Waals surface area contributed by atoms with Gasteiger partial charge in [-0.25, -0.2) is 0 Å². The van der Waals surface area contributed by atoms with E-state index in [9.17, 15) is 9.90 Å². The van der Waals surface area contributed by atoms with Gasteiger partial charge in [0.1, 0.15) is 6.61 Å². The van der Waals surface area contributed by atoms with Gasteiger partial charge in [-0.05, 0) is 19.4 Å². The van der Waals surface area contributed by atoms with Crippen molar-refractivity contribution in [2.45, 2.75) is 19.4 Å². The Bertz CT molecular complexity index is 418. The van der Waals surface area contributed by atoms with E-state index in [0.29, 0.717) is 19.5 Å². The van der Waals surface area contributed by atoms with Crippen LogP contribution in [0.4, 0.5) is 0 Å². The van der Waals surface area contributed by atoms with Gasteiger partial charge in [-0.15, -0.1) is 0 Å². The summed E-state index contributed by atoms with van der Waals surface area (Å²) in [6.45, 7) is 2.96. The summed E-state index contributed by atoms with van der Waals surface area (Å²) in [4.78, 5) is 13.3. The van der Waals surface area contributed by atoms with E-state index in [0.717, 1.165) is 11.4 Å². The number of nitrogens with one attached hydrogen (secondary N) is 1. The summed E-state index contributed by atoms with van der Waals surface area (Å²) in [6, 6.07) is 1.96. The number of aromatic nitrogens is 2. The molecular weight excluding hydrogens is 234 g/mol. The standard InChI is InChI=1S/C12H19N3O3/c1-8-3-10(14-13-8)4-9-5-15(6-11(9)16)12(17)7-18-2/h3,9,11,16H,4-7H2,1-2H3,(H,13,14)/t9-,11-/m1/s1. The van der Waals surface area contributed by atoms with Crippen LogP contribution in [0.5, 0.6) is 0 Å².